The van der Waals surface area contributed by atoms with Gasteiger partial charge in [-0.15, -0.1) is 0 Å². The van der Waals surface area contributed by atoms with Gasteiger partial charge in [0.25, 0.3) is 0 Å². The largest absolute Gasteiger partial charge is 0.472 e. The van der Waals surface area contributed by atoms with Crippen LogP contribution in [-0.2, 0) is 65.4 Å². The van der Waals surface area contributed by atoms with Gasteiger partial charge in [0, 0.05) is 25.7 Å². The Morgan fingerprint density at radius 2 is 0.535 bits per heavy atom. The number of hydrogen-bond acceptors (Lipinski definition) is 15. The van der Waals surface area contributed by atoms with E-state index in [9.17, 15) is 43.2 Å². The number of aliphatic hydroxyl groups is 1. The average Bonchev–Trinajstić information content (AvgIpc) is 1.05. The minimum absolute atomic E-state index is 0.0849. The number of esters is 4. The second kappa shape index (κ2) is 74.4. The maximum absolute atomic E-state index is 13.1. The Hall–Kier alpha value is -2.46. The highest BCUT2D eigenvalue weighted by Gasteiger charge is 2.30. The summed E-state index contributed by atoms with van der Waals surface area (Å²) in [7, 11) is -9.93. The Balaban J connectivity index is 5.28. The van der Waals surface area contributed by atoms with Gasteiger partial charge in [0.2, 0.25) is 0 Å². The summed E-state index contributed by atoms with van der Waals surface area (Å²) in [6, 6.07) is 0. The minimum atomic E-state index is -4.97. The molecule has 0 aliphatic carbocycles. The highest BCUT2D eigenvalue weighted by molar-refractivity contribution is 7.47. The lowest BCUT2D eigenvalue weighted by atomic mass is 10.0. The van der Waals surface area contributed by atoms with Crippen molar-refractivity contribution in [2.45, 2.75) is 432 Å². The third kappa shape index (κ3) is 75.6. The zero-order valence-corrected chi connectivity index (χ0v) is 67.3. The summed E-state index contributed by atoms with van der Waals surface area (Å²) >= 11 is 0. The van der Waals surface area contributed by atoms with Crippen LogP contribution in [0.2, 0.25) is 0 Å². The summed E-state index contributed by atoms with van der Waals surface area (Å²) in [6.07, 6.45) is 68.8. The summed E-state index contributed by atoms with van der Waals surface area (Å²) in [5, 5.41) is 10.6. The second-order valence-corrected chi connectivity index (χ2v) is 32.2. The van der Waals surface area contributed by atoms with Crippen LogP contribution in [-0.4, -0.2) is 96.7 Å². The predicted molar refractivity (Wildman–Crippen MR) is 414 cm³/mol. The minimum Gasteiger partial charge on any atom is -0.462 e. The van der Waals surface area contributed by atoms with Gasteiger partial charge < -0.3 is 33.8 Å². The van der Waals surface area contributed by atoms with Gasteiger partial charge in [-0.2, -0.15) is 0 Å². The van der Waals surface area contributed by atoms with Crippen LogP contribution in [0.1, 0.15) is 413 Å². The lowest BCUT2D eigenvalue weighted by Crippen LogP contribution is -2.30. The van der Waals surface area contributed by atoms with Crippen LogP contribution in [0.15, 0.2) is 24.3 Å². The molecule has 0 rings (SSSR count). The van der Waals surface area contributed by atoms with Crippen molar-refractivity contribution in [1.29, 1.82) is 0 Å². The zero-order valence-electron chi connectivity index (χ0n) is 65.5. The van der Waals surface area contributed by atoms with E-state index < -0.39 is 97.5 Å². The Bertz CT molecular complexity index is 2020. The molecule has 0 amide bonds. The number of carbonyl (C=O) groups is 4. The first-order valence-corrected chi connectivity index (χ1v) is 44.9. The van der Waals surface area contributed by atoms with Gasteiger partial charge in [-0.3, -0.25) is 37.3 Å². The zero-order chi connectivity index (χ0) is 74.1. The lowest BCUT2D eigenvalue weighted by molar-refractivity contribution is -0.161. The molecule has 0 aliphatic rings. The molecule has 0 aliphatic heterocycles. The van der Waals surface area contributed by atoms with Crippen molar-refractivity contribution in [1.82, 2.24) is 0 Å². The van der Waals surface area contributed by atoms with E-state index >= 15 is 0 Å². The van der Waals surface area contributed by atoms with E-state index in [-0.39, 0.29) is 25.7 Å². The predicted octanol–water partition coefficient (Wildman–Crippen LogP) is 24.4. The average molecular weight is 1480 g/mol. The number of hydrogen-bond donors (Lipinski definition) is 3. The quantitative estimate of drug-likeness (QED) is 0.0169. The summed E-state index contributed by atoms with van der Waals surface area (Å²) in [5.41, 5.74) is 0. The molecule has 5 atom stereocenters. The molecule has 0 fully saturated rings. The highest BCUT2D eigenvalue weighted by Crippen LogP contribution is 2.45. The fraction of sp³-hybridized carbons (Fsp3) is 0.902. The first kappa shape index (κ1) is 98.5. The van der Waals surface area contributed by atoms with E-state index in [2.05, 4.69) is 58.9 Å². The Labute approximate surface area is 618 Å². The molecule has 0 aromatic heterocycles. The molecule has 101 heavy (non-hydrogen) atoms. The topological polar surface area (TPSA) is 237 Å². The van der Waals surface area contributed by atoms with Gasteiger partial charge in [-0.1, -0.05) is 361 Å². The maximum atomic E-state index is 13.1. The molecule has 17 nitrogen and oxygen atoms in total. The molecule has 596 valence electrons. The second-order valence-electron chi connectivity index (χ2n) is 29.3. The van der Waals surface area contributed by atoms with Crippen molar-refractivity contribution in [3.63, 3.8) is 0 Å². The first-order chi connectivity index (χ1) is 49.0. The van der Waals surface area contributed by atoms with Crippen molar-refractivity contribution in [2.24, 2.45) is 5.92 Å². The Morgan fingerprint density at radius 1 is 0.307 bits per heavy atom. The molecule has 0 saturated carbocycles. The van der Waals surface area contributed by atoms with Crippen molar-refractivity contribution in [2.75, 3.05) is 39.6 Å². The Kier molecular flexibility index (Phi) is 72.6. The van der Waals surface area contributed by atoms with Crippen molar-refractivity contribution in [3.05, 3.63) is 24.3 Å². The van der Waals surface area contributed by atoms with Gasteiger partial charge >= 0.3 is 39.5 Å². The molecule has 0 aromatic carbocycles. The summed E-state index contributed by atoms with van der Waals surface area (Å²) in [6.45, 7) is 7.23. The Morgan fingerprint density at radius 3 is 0.812 bits per heavy atom. The molecule has 2 unspecified atom stereocenters. The summed E-state index contributed by atoms with van der Waals surface area (Å²) in [5.74, 6) is -1.41. The van der Waals surface area contributed by atoms with Crippen LogP contribution < -0.4 is 0 Å². The SMILES string of the molecule is CCCCCC/C=C\C=C/CCCCCCCC(=O)O[C@H](COC(=O)CCCCCCCCCCC(C)C)COP(=O)(O)OC[C@H](O)COP(=O)(O)OC[C@@H](COC(=O)CCCCCCCCCCCCCCCCCC)OC(=O)CCCCCCCCCCCCCCCCCCCCC. The van der Waals surface area contributed by atoms with E-state index in [1.165, 1.54) is 225 Å². The third-order valence-electron chi connectivity index (χ3n) is 18.7. The van der Waals surface area contributed by atoms with Crippen LogP contribution in [0, 0.1) is 5.92 Å². The highest BCUT2D eigenvalue weighted by atomic mass is 31.2. The molecule has 0 aromatic rings. The van der Waals surface area contributed by atoms with Gasteiger partial charge in [-0.25, -0.2) is 9.13 Å². The smallest absolute Gasteiger partial charge is 0.462 e. The van der Waals surface area contributed by atoms with Gasteiger partial charge in [-0.05, 0) is 57.3 Å². The number of carbonyl (C=O) groups excluding carboxylic acids is 4. The molecule has 0 radical (unpaired) electrons. The van der Waals surface area contributed by atoms with E-state index in [0.29, 0.717) is 25.7 Å². The number of allylic oxidation sites excluding steroid dienone is 4. The van der Waals surface area contributed by atoms with E-state index in [1.54, 1.807) is 0 Å². The van der Waals surface area contributed by atoms with E-state index in [0.717, 1.165) is 109 Å². The molecule has 0 spiro atoms. The van der Waals surface area contributed by atoms with Gasteiger partial charge in [0.05, 0.1) is 26.4 Å². The van der Waals surface area contributed by atoms with Crippen LogP contribution in [0.4, 0.5) is 0 Å². The molecule has 3 N–H and O–H groups in total. The fourth-order valence-electron chi connectivity index (χ4n) is 12.2. The maximum Gasteiger partial charge on any atom is 0.472 e. The third-order valence-corrected chi connectivity index (χ3v) is 20.6. The lowest BCUT2D eigenvalue weighted by Gasteiger charge is -2.21. The molecule has 0 heterocycles. The van der Waals surface area contributed by atoms with Crippen LogP contribution in [0.25, 0.3) is 0 Å². The number of unbranched alkanes of at least 4 members (excludes halogenated alkanes) is 49. The number of phosphoric ester groups is 2. The molecule has 19 heteroatoms. The summed E-state index contributed by atoms with van der Waals surface area (Å²) in [4.78, 5) is 73.0. The normalized spacial score (nSPS) is 14.0. The molecular weight excluding hydrogens is 1320 g/mol. The molecule has 0 bridgehead atoms. The van der Waals surface area contributed by atoms with Crippen LogP contribution in [0.5, 0.6) is 0 Å². The number of ether oxygens (including phenoxy) is 4. The summed E-state index contributed by atoms with van der Waals surface area (Å²) < 4.78 is 68.7. The molecule has 0 saturated heterocycles. The number of aliphatic hydroxyl groups excluding tert-OH is 1. The van der Waals surface area contributed by atoms with E-state index in [4.69, 9.17) is 37.0 Å². The van der Waals surface area contributed by atoms with Crippen molar-refractivity contribution in [3.8, 4) is 0 Å². The van der Waals surface area contributed by atoms with Crippen molar-refractivity contribution >= 4 is 39.5 Å². The molecular formula is C82H156O17P2. The monoisotopic (exact) mass is 1480 g/mol. The standard InChI is InChI=1S/C82H156O17P2/c1-6-9-12-15-18-21-24-27-30-32-33-34-37-40-43-46-53-58-63-68-81(86)98-77(71-92-79(84)65-60-55-50-44-41-38-36-31-28-25-22-19-16-13-10-7-2)73-96-100(88,89)94-69-76(83)70-95-101(90,91)97-74-78(72-93-80(85)66-61-56-51-48-47-49-54-59-64-75(4)5)99-82(87)67-62-57-52-45-42-39-35-29-26-23-20-17-14-11-8-3/h23,26,29,35,75-78,83H,6-22,24-25,27-28,30-34,36-74H2,1-5H3,(H,88,89)(H,90,91)/b26-23-,35-29-/t76-,77-,78-/m1/s1. The first-order valence-electron chi connectivity index (χ1n) is 42.0. The van der Waals surface area contributed by atoms with Gasteiger partial charge in [0.15, 0.2) is 12.2 Å². The van der Waals surface area contributed by atoms with Crippen molar-refractivity contribution < 1.29 is 80.2 Å². The number of rotatable bonds is 80. The number of phosphoric acid groups is 2. The van der Waals surface area contributed by atoms with E-state index in [1.807, 2.05) is 0 Å². The van der Waals surface area contributed by atoms with Gasteiger partial charge in [0.1, 0.15) is 19.3 Å². The van der Waals surface area contributed by atoms with Crippen LogP contribution in [0.3, 0.4) is 0 Å². The van der Waals surface area contributed by atoms with Crippen LogP contribution >= 0.6 is 15.6 Å². The fourth-order valence-corrected chi connectivity index (χ4v) is 13.8.